The number of hydrogen-bond acceptors (Lipinski definition) is 6. The highest BCUT2D eigenvalue weighted by Gasteiger charge is 2.28. The zero-order valence-corrected chi connectivity index (χ0v) is 11.9. The average Bonchev–Trinajstić information content (AvgIpc) is 2.23. The molecule has 0 saturated heterocycles. The average molecular weight is 324 g/mol. The Labute approximate surface area is 113 Å². The van der Waals surface area contributed by atoms with Gasteiger partial charge in [0.05, 0.1) is 4.90 Å². The lowest BCUT2D eigenvalue weighted by atomic mass is 10.1. The molecule has 0 aliphatic carbocycles. The van der Waals surface area contributed by atoms with Crippen LogP contribution < -0.4 is 0 Å². The van der Waals surface area contributed by atoms with Crippen LogP contribution in [0.1, 0.15) is 10.4 Å². The zero-order valence-electron chi connectivity index (χ0n) is 10.2. The van der Waals surface area contributed by atoms with Crippen molar-refractivity contribution >= 4 is 31.4 Å². The van der Waals surface area contributed by atoms with Crippen LogP contribution in [0.15, 0.2) is 21.9 Å². The Morgan fingerprint density at radius 3 is 1.90 bits per heavy atom. The summed E-state index contributed by atoms with van der Waals surface area (Å²) in [5, 5.41) is 8.51. The number of benzene rings is 1. The third kappa shape index (κ3) is 3.20. The number of sulfone groups is 2. The topological polar surface area (TPSA) is 123 Å². The number of carbonyl (C=O) groups excluding carboxylic acids is 1. The lowest BCUT2D eigenvalue weighted by molar-refractivity contribution is -0.131. The smallest absolute Gasteiger partial charge is 0.377 e. The lowest BCUT2D eigenvalue weighted by Crippen LogP contribution is -2.16. The van der Waals surface area contributed by atoms with Gasteiger partial charge in [-0.2, -0.15) is 0 Å². The molecule has 1 N–H and O–H groups in total. The molecule has 0 saturated carbocycles. The molecule has 0 fully saturated rings. The maximum Gasteiger partial charge on any atom is 0.377 e. The summed E-state index contributed by atoms with van der Waals surface area (Å²) in [7, 11) is -8.41. The van der Waals surface area contributed by atoms with Crippen molar-refractivity contribution in [3.63, 3.8) is 0 Å². The van der Waals surface area contributed by atoms with E-state index < -0.39 is 52.6 Å². The van der Waals surface area contributed by atoms with Crippen LogP contribution in [0.3, 0.4) is 0 Å². The molecule has 0 aliphatic heterocycles. The summed E-state index contributed by atoms with van der Waals surface area (Å²) in [6.07, 6.45) is 1.21. The molecular formula is C10H9FO7S2. The van der Waals surface area contributed by atoms with Crippen molar-refractivity contribution in [3.8, 4) is 0 Å². The lowest BCUT2D eigenvalue weighted by Gasteiger charge is -2.09. The maximum absolute atomic E-state index is 13.8. The standard InChI is InChI=1S/C10H9FO7S2/c1-19(15,16)7-4-5(8(12)10(13)14)3-6(11)9(7)20(2,17)18/h3-4H,1-2H3,(H,13,14). The Hall–Kier alpha value is -1.81. The second kappa shape index (κ2) is 4.94. The van der Waals surface area contributed by atoms with Crippen LogP contribution in [0.2, 0.25) is 0 Å². The monoisotopic (exact) mass is 324 g/mol. The summed E-state index contributed by atoms with van der Waals surface area (Å²) < 4.78 is 59.6. The summed E-state index contributed by atoms with van der Waals surface area (Å²) in [4.78, 5) is 19.7. The number of ketones is 1. The normalized spacial score (nSPS) is 12.2. The number of carboxylic acid groups (broad SMARTS) is 1. The van der Waals surface area contributed by atoms with Crippen LogP contribution in [0.4, 0.5) is 4.39 Å². The molecule has 0 radical (unpaired) electrons. The van der Waals surface area contributed by atoms with Crippen LogP contribution in [0.25, 0.3) is 0 Å². The van der Waals surface area contributed by atoms with Gasteiger partial charge in [0.1, 0.15) is 10.7 Å². The third-order valence-electron chi connectivity index (χ3n) is 2.24. The van der Waals surface area contributed by atoms with E-state index in [9.17, 15) is 30.8 Å². The van der Waals surface area contributed by atoms with Crippen molar-refractivity contribution in [2.45, 2.75) is 9.79 Å². The molecule has 0 aliphatic rings. The highest BCUT2D eigenvalue weighted by Crippen LogP contribution is 2.26. The molecule has 0 spiro atoms. The van der Waals surface area contributed by atoms with Gasteiger partial charge >= 0.3 is 5.97 Å². The van der Waals surface area contributed by atoms with E-state index in [1.165, 1.54) is 0 Å². The van der Waals surface area contributed by atoms with Gasteiger partial charge in [-0.05, 0) is 12.1 Å². The number of carbonyl (C=O) groups is 2. The molecule has 1 aromatic carbocycles. The zero-order chi connectivity index (χ0) is 15.9. The number of Topliss-reactive ketones (excluding diaryl/α,β-unsaturated/α-hetero) is 1. The molecule has 7 nitrogen and oxygen atoms in total. The summed E-state index contributed by atoms with van der Waals surface area (Å²) in [6.45, 7) is 0. The maximum atomic E-state index is 13.8. The predicted octanol–water partition coefficient (Wildman–Crippen LogP) is -0.100. The van der Waals surface area contributed by atoms with E-state index in [4.69, 9.17) is 5.11 Å². The second-order valence-corrected chi connectivity index (χ2v) is 7.90. The van der Waals surface area contributed by atoms with Crippen LogP contribution >= 0.6 is 0 Å². The van der Waals surface area contributed by atoms with Crippen LogP contribution in [-0.2, 0) is 24.5 Å². The minimum absolute atomic E-state index is 0.377. The van der Waals surface area contributed by atoms with Gasteiger partial charge in [0.2, 0.25) is 0 Å². The van der Waals surface area contributed by atoms with Gasteiger partial charge in [-0.25, -0.2) is 26.0 Å². The van der Waals surface area contributed by atoms with Gasteiger partial charge in [0, 0.05) is 18.1 Å². The summed E-state index contributed by atoms with van der Waals surface area (Å²) in [5.74, 6) is -4.97. The molecule has 0 heterocycles. The number of carboxylic acids is 1. The first-order valence-corrected chi connectivity index (χ1v) is 8.65. The second-order valence-electron chi connectivity index (χ2n) is 3.96. The van der Waals surface area contributed by atoms with Gasteiger partial charge in [-0.15, -0.1) is 0 Å². The quantitative estimate of drug-likeness (QED) is 0.606. The molecular weight excluding hydrogens is 315 g/mol. The van der Waals surface area contributed by atoms with E-state index in [-0.39, 0.29) is 0 Å². The van der Waals surface area contributed by atoms with E-state index in [0.29, 0.717) is 24.6 Å². The van der Waals surface area contributed by atoms with Crippen LogP contribution in [0, 0.1) is 5.82 Å². The third-order valence-corrected chi connectivity index (χ3v) is 4.64. The van der Waals surface area contributed by atoms with Crippen molar-refractivity contribution in [1.29, 1.82) is 0 Å². The van der Waals surface area contributed by atoms with Gasteiger partial charge < -0.3 is 5.11 Å². The van der Waals surface area contributed by atoms with Crippen molar-refractivity contribution in [1.82, 2.24) is 0 Å². The van der Waals surface area contributed by atoms with Crippen molar-refractivity contribution in [2.75, 3.05) is 12.5 Å². The molecule has 10 heteroatoms. The van der Waals surface area contributed by atoms with Crippen LogP contribution in [0.5, 0.6) is 0 Å². The Morgan fingerprint density at radius 2 is 1.55 bits per heavy atom. The molecule has 110 valence electrons. The highest BCUT2D eigenvalue weighted by molar-refractivity contribution is 7.93. The molecule has 0 amide bonds. The largest absolute Gasteiger partial charge is 0.475 e. The summed E-state index contributed by atoms with van der Waals surface area (Å²) in [5.41, 5.74) is -0.761. The summed E-state index contributed by atoms with van der Waals surface area (Å²) in [6, 6.07) is 0.909. The van der Waals surface area contributed by atoms with Crippen molar-refractivity contribution in [2.24, 2.45) is 0 Å². The van der Waals surface area contributed by atoms with Crippen LogP contribution in [-0.4, -0.2) is 46.2 Å². The number of aliphatic carboxylic acids is 1. The Balaban J connectivity index is 3.86. The van der Waals surface area contributed by atoms with Gasteiger partial charge in [0.25, 0.3) is 5.78 Å². The fourth-order valence-corrected chi connectivity index (χ4v) is 3.98. The van der Waals surface area contributed by atoms with Crippen molar-refractivity contribution in [3.05, 3.63) is 23.5 Å². The minimum atomic E-state index is -4.22. The minimum Gasteiger partial charge on any atom is -0.475 e. The first kappa shape index (κ1) is 16.2. The van der Waals surface area contributed by atoms with E-state index in [0.717, 1.165) is 0 Å². The Morgan fingerprint density at radius 1 is 1.05 bits per heavy atom. The first-order valence-electron chi connectivity index (χ1n) is 4.87. The van der Waals surface area contributed by atoms with Gasteiger partial charge in [0.15, 0.2) is 19.7 Å². The van der Waals surface area contributed by atoms with E-state index in [1.807, 2.05) is 0 Å². The first-order chi connectivity index (χ1) is 8.85. The molecule has 0 atom stereocenters. The van der Waals surface area contributed by atoms with Gasteiger partial charge in [-0.1, -0.05) is 0 Å². The number of rotatable bonds is 4. The van der Waals surface area contributed by atoms with E-state index in [2.05, 4.69) is 0 Å². The number of halogens is 1. The molecule has 0 bridgehead atoms. The Bertz CT molecular complexity index is 806. The fourth-order valence-electron chi connectivity index (χ4n) is 1.46. The fraction of sp³-hybridized carbons (Fsp3) is 0.200. The molecule has 0 unspecified atom stereocenters. The van der Waals surface area contributed by atoms with Crippen molar-refractivity contribution < 1.29 is 35.9 Å². The van der Waals surface area contributed by atoms with E-state index in [1.54, 1.807) is 0 Å². The van der Waals surface area contributed by atoms with E-state index >= 15 is 0 Å². The highest BCUT2D eigenvalue weighted by atomic mass is 32.2. The molecule has 1 rings (SSSR count). The predicted molar refractivity (Wildman–Crippen MR) is 64.6 cm³/mol. The SMILES string of the molecule is CS(=O)(=O)c1cc(C(=O)C(=O)O)cc(F)c1S(C)(=O)=O. The molecule has 20 heavy (non-hydrogen) atoms. The molecule has 1 aromatic rings. The molecule has 0 aromatic heterocycles. The number of hydrogen-bond donors (Lipinski definition) is 1. The summed E-state index contributed by atoms with van der Waals surface area (Å²) >= 11 is 0. The van der Waals surface area contributed by atoms with Gasteiger partial charge in [-0.3, -0.25) is 4.79 Å². The Kier molecular flexibility index (Phi) is 4.02.